The number of esters is 4. The molecule has 17 nitrogen and oxygen atoms in total. The van der Waals surface area contributed by atoms with E-state index in [9.17, 15) is 43.2 Å². The Balaban J connectivity index is 5.21. The number of rotatable bonds is 70. The van der Waals surface area contributed by atoms with Gasteiger partial charge in [0, 0.05) is 25.7 Å². The van der Waals surface area contributed by atoms with E-state index >= 15 is 0 Å². The quantitative estimate of drug-likeness (QED) is 0.0222. The zero-order valence-corrected chi connectivity index (χ0v) is 62.0. The minimum atomic E-state index is -4.95. The Labute approximate surface area is 562 Å². The van der Waals surface area contributed by atoms with Crippen molar-refractivity contribution < 1.29 is 80.2 Å². The van der Waals surface area contributed by atoms with E-state index in [-0.39, 0.29) is 25.7 Å². The van der Waals surface area contributed by atoms with Crippen molar-refractivity contribution in [1.82, 2.24) is 0 Å². The van der Waals surface area contributed by atoms with Crippen molar-refractivity contribution in [3.63, 3.8) is 0 Å². The molecule has 0 fully saturated rings. The summed E-state index contributed by atoms with van der Waals surface area (Å²) in [5.41, 5.74) is 0. The highest BCUT2D eigenvalue weighted by molar-refractivity contribution is 7.47. The first-order chi connectivity index (χ1) is 44.1. The maximum absolute atomic E-state index is 13.0. The first kappa shape index (κ1) is 90.1. The van der Waals surface area contributed by atoms with Crippen LogP contribution in [0.15, 0.2) is 0 Å². The standard InChI is InChI=1S/C73H142O17P2/c1-9-66(8)52-44-36-31-32-40-48-56-73(78)90-69(60-83-70(75)53-45-37-28-22-18-13-11-10-12-16-20-25-33-41-49-63(2)3)62-88-92(81,82)86-58-67(74)57-85-91(79,80)87-61-68(59-84-71(76)54-46-38-30-24-27-35-43-51-65(6)7)89-72(77)55-47-39-29-23-19-15-14-17-21-26-34-42-50-64(4)5/h63-69,74H,9-62H2,1-8H3,(H,79,80)(H,81,82)/t66?,67?,68-,69-/m1/s1. The lowest BCUT2D eigenvalue weighted by Gasteiger charge is -2.21. The molecule has 0 aromatic rings. The molecule has 0 heterocycles. The van der Waals surface area contributed by atoms with Crippen LogP contribution in [-0.2, 0) is 65.4 Å². The molecule has 0 aromatic carbocycles. The van der Waals surface area contributed by atoms with Gasteiger partial charge in [0.05, 0.1) is 26.4 Å². The number of unbranched alkanes of at least 4 members (excludes halogenated alkanes) is 35. The molecular formula is C73H142O17P2. The Morgan fingerprint density at radius 1 is 0.304 bits per heavy atom. The molecule has 0 aliphatic heterocycles. The molecule has 3 N–H and O–H groups in total. The number of ether oxygens (including phenoxy) is 4. The van der Waals surface area contributed by atoms with Crippen LogP contribution in [0.2, 0.25) is 0 Å². The first-order valence-electron chi connectivity index (χ1n) is 37.7. The van der Waals surface area contributed by atoms with Crippen LogP contribution in [0.25, 0.3) is 0 Å². The molecule has 4 unspecified atom stereocenters. The van der Waals surface area contributed by atoms with Gasteiger partial charge in [-0.3, -0.25) is 37.3 Å². The molecule has 0 radical (unpaired) electrons. The third-order valence-electron chi connectivity index (χ3n) is 17.2. The van der Waals surface area contributed by atoms with Crippen molar-refractivity contribution in [3.05, 3.63) is 0 Å². The number of carbonyl (C=O) groups is 4. The second kappa shape index (κ2) is 62.6. The normalized spacial score (nSPS) is 14.5. The summed E-state index contributed by atoms with van der Waals surface area (Å²) in [6.45, 7) is 14.1. The number of phosphoric acid groups is 2. The smallest absolute Gasteiger partial charge is 0.462 e. The molecular weight excluding hydrogens is 1210 g/mol. The molecule has 0 aliphatic rings. The van der Waals surface area contributed by atoms with Crippen molar-refractivity contribution in [3.8, 4) is 0 Å². The van der Waals surface area contributed by atoms with Crippen molar-refractivity contribution in [1.29, 1.82) is 0 Å². The van der Waals surface area contributed by atoms with Gasteiger partial charge in [-0.25, -0.2) is 9.13 Å². The second-order valence-corrected chi connectivity index (χ2v) is 30.9. The summed E-state index contributed by atoms with van der Waals surface area (Å²) in [6, 6.07) is 0. The first-order valence-corrected chi connectivity index (χ1v) is 40.7. The molecule has 0 spiro atoms. The lowest BCUT2D eigenvalue weighted by molar-refractivity contribution is -0.161. The van der Waals surface area contributed by atoms with Crippen molar-refractivity contribution in [2.24, 2.45) is 23.7 Å². The van der Waals surface area contributed by atoms with E-state index in [1.54, 1.807) is 0 Å². The highest BCUT2D eigenvalue weighted by atomic mass is 31.2. The topological polar surface area (TPSA) is 237 Å². The van der Waals surface area contributed by atoms with Gasteiger partial charge in [0.1, 0.15) is 19.3 Å². The third kappa shape index (κ3) is 65.4. The molecule has 6 atom stereocenters. The van der Waals surface area contributed by atoms with Crippen LogP contribution in [0.4, 0.5) is 0 Å². The highest BCUT2D eigenvalue weighted by Crippen LogP contribution is 2.45. The van der Waals surface area contributed by atoms with E-state index in [0.717, 1.165) is 114 Å². The monoisotopic (exact) mass is 1350 g/mol. The predicted molar refractivity (Wildman–Crippen MR) is 372 cm³/mol. The predicted octanol–water partition coefficient (Wildman–Crippen LogP) is 20.9. The van der Waals surface area contributed by atoms with Gasteiger partial charge in [0.2, 0.25) is 0 Å². The largest absolute Gasteiger partial charge is 0.472 e. The number of carbonyl (C=O) groups excluding carboxylic acids is 4. The van der Waals surface area contributed by atoms with E-state index in [1.807, 2.05) is 0 Å². The lowest BCUT2D eigenvalue weighted by Crippen LogP contribution is -2.30. The van der Waals surface area contributed by atoms with Gasteiger partial charge < -0.3 is 33.8 Å². The van der Waals surface area contributed by atoms with Crippen LogP contribution < -0.4 is 0 Å². The molecule has 0 bridgehead atoms. The van der Waals surface area contributed by atoms with E-state index in [2.05, 4.69) is 55.4 Å². The Kier molecular flexibility index (Phi) is 61.3. The third-order valence-corrected chi connectivity index (χ3v) is 19.1. The molecule has 0 amide bonds. The van der Waals surface area contributed by atoms with Crippen molar-refractivity contribution in [2.75, 3.05) is 39.6 Å². The van der Waals surface area contributed by atoms with Gasteiger partial charge in [0.25, 0.3) is 0 Å². The number of hydrogen-bond donors (Lipinski definition) is 3. The molecule has 0 aliphatic carbocycles. The SMILES string of the molecule is CCC(C)CCCCCCCCC(=O)O[C@H](COC(=O)CCCCCCCCCCCCCCCCC(C)C)COP(=O)(O)OCC(O)COP(=O)(O)OC[C@@H](COC(=O)CCCCCCCCCC(C)C)OC(=O)CCCCCCCCCCCCCCC(C)C. The summed E-state index contributed by atoms with van der Waals surface area (Å²) < 4.78 is 68.4. The number of hydrogen-bond acceptors (Lipinski definition) is 15. The zero-order chi connectivity index (χ0) is 68.2. The molecule has 546 valence electrons. The molecule has 19 heteroatoms. The van der Waals surface area contributed by atoms with Gasteiger partial charge in [-0.05, 0) is 49.4 Å². The van der Waals surface area contributed by atoms with Gasteiger partial charge >= 0.3 is 39.5 Å². The summed E-state index contributed by atoms with van der Waals surface area (Å²) in [7, 11) is -9.91. The summed E-state index contributed by atoms with van der Waals surface area (Å²) >= 11 is 0. The summed E-state index contributed by atoms with van der Waals surface area (Å²) in [5, 5.41) is 10.6. The fourth-order valence-electron chi connectivity index (χ4n) is 11.0. The fraction of sp³-hybridized carbons (Fsp3) is 0.945. The Bertz CT molecular complexity index is 1820. The van der Waals surface area contributed by atoms with Crippen LogP contribution in [0, 0.1) is 23.7 Å². The van der Waals surface area contributed by atoms with Crippen LogP contribution in [0.5, 0.6) is 0 Å². The van der Waals surface area contributed by atoms with Crippen molar-refractivity contribution in [2.45, 2.75) is 382 Å². The van der Waals surface area contributed by atoms with E-state index in [1.165, 1.54) is 161 Å². The van der Waals surface area contributed by atoms with Crippen LogP contribution >= 0.6 is 15.6 Å². The molecule has 0 rings (SSSR count). The Morgan fingerprint density at radius 3 is 0.772 bits per heavy atom. The molecule has 92 heavy (non-hydrogen) atoms. The second-order valence-electron chi connectivity index (χ2n) is 28.0. The summed E-state index contributed by atoms with van der Waals surface area (Å²) in [4.78, 5) is 72.6. The van der Waals surface area contributed by atoms with Crippen LogP contribution in [-0.4, -0.2) is 96.7 Å². The van der Waals surface area contributed by atoms with Gasteiger partial charge in [-0.2, -0.15) is 0 Å². The molecule has 0 aromatic heterocycles. The van der Waals surface area contributed by atoms with Crippen LogP contribution in [0.1, 0.15) is 364 Å². The van der Waals surface area contributed by atoms with E-state index in [4.69, 9.17) is 37.0 Å². The van der Waals surface area contributed by atoms with E-state index < -0.39 is 97.5 Å². The summed E-state index contributed by atoms with van der Waals surface area (Å²) in [6.07, 6.45) is 45.9. The maximum atomic E-state index is 13.0. The average molecular weight is 1350 g/mol. The van der Waals surface area contributed by atoms with Gasteiger partial charge in [-0.15, -0.1) is 0 Å². The molecule has 0 saturated heterocycles. The number of phosphoric ester groups is 2. The van der Waals surface area contributed by atoms with Gasteiger partial charge in [0.15, 0.2) is 12.2 Å². The van der Waals surface area contributed by atoms with Gasteiger partial charge in [-0.1, -0.05) is 312 Å². The lowest BCUT2D eigenvalue weighted by atomic mass is 10.00. The number of aliphatic hydroxyl groups is 1. The average Bonchev–Trinajstić information content (AvgIpc) is 3.63. The molecule has 0 saturated carbocycles. The highest BCUT2D eigenvalue weighted by Gasteiger charge is 2.30. The minimum Gasteiger partial charge on any atom is -0.462 e. The minimum absolute atomic E-state index is 0.103. The van der Waals surface area contributed by atoms with E-state index in [0.29, 0.717) is 31.6 Å². The maximum Gasteiger partial charge on any atom is 0.472 e. The summed E-state index contributed by atoms with van der Waals surface area (Å²) in [5.74, 6) is 0.873. The Morgan fingerprint density at radius 2 is 0.522 bits per heavy atom. The zero-order valence-electron chi connectivity index (χ0n) is 60.2. The van der Waals surface area contributed by atoms with Crippen molar-refractivity contribution >= 4 is 39.5 Å². The Hall–Kier alpha value is -1.94. The van der Waals surface area contributed by atoms with Crippen LogP contribution in [0.3, 0.4) is 0 Å². The number of aliphatic hydroxyl groups excluding tert-OH is 1. The fourth-order valence-corrected chi connectivity index (χ4v) is 12.6.